The van der Waals surface area contributed by atoms with Crippen molar-refractivity contribution < 1.29 is 14.7 Å². The lowest BCUT2D eigenvalue weighted by molar-refractivity contribution is -0.115. The molecule has 0 aromatic heterocycles. The minimum atomic E-state index is -0.337. The van der Waals surface area contributed by atoms with Crippen LogP contribution in [0, 0.1) is 6.92 Å². The quantitative estimate of drug-likeness (QED) is 0.641. The number of phenolic OH excluding ortho intramolecular Hbond substituents is 1. The van der Waals surface area contributed by atoms with Gasteiger partial charge in [-0.25, -0.2) is 0 Å². The second-order valence-electron chi connectivity index (χ2n) is 5.77. The summed E-state index contributed by atoms with van der Waals surface area (Å²) >= 11 is 0. The molecule has 0 atom stereocenters. The zero-order valence-corrected chi connectivity index (χ0v) is 13.7. The zero-order valence-electron chi connectivity index (χ0n) is 13.7. The highest BCUT2D eigenvalue weighted by Crippen LogP contribution is 2.30. The first-order chi connectivity index (χ1) is 12.0. The van der Waals surface area contributed by atoms with Gasteiger partial charge in [-0.15, -0.1) is 0 Å². The lowest BCUT2D eigenvalue weighted by Crippen LogP contribution is -2.32. The third-order valence-electron chi connectivity index (χ3n) is 3.90. The molecule has 5 heteroatoms. The number of hydrogen-bond acceptors (Lipinski definition) is 3. The Bertz CT molecular complexity index is 933. The van der Waals surface area contributed by atoms with Gasteiger partial charge in [-0.3, -0.25) is 9.59 Å². The highest BCUT2D eigenvalue weighted by Gasteiger charge is 2.10. The Labute approximate surface area is 145 Å². The van der Waals surface area contributed by atoms with E-state index in [0.29, 0.717) is 16.6 Å². The Morgan fingerprint density at radius 3 is 2.32 bits per heavy atom. The fraction of sp³-hybridized carbons (Fsp3) is 0.100. The number of fused-ring (bicyclic) bond motifs is 1. The summed E-state index contributed by atoms with van der Waals surface area (Å²) in [6.45, 7) is 1.80. The maximum absolute atomic E-state index is 12.1. The van der Waals surface area contributed by atoms with Crippen LogP contribution in [0.5, 0.6) is 5.75 Å². The van der Waals surface area contributed by atoms with E-state index in [2.05, 4.69) is 10.6 Å². The molecule has 5 nitrogen and oxygen atoms in total. The number of amides is 2. The molecule has 0 aliphatic rings. The molecule has 0 fully saturated rings. The molecule has 0 aliphatic heterocycles. The summed E-state index contributed by atoms with van der Waals surface area (Å²) in [7, 11) is 0. The first-order valence-electron chi connectivity index (χ1n) is 7.90. The Balaban J connectivity index is 1.66. The van der Waals surface area contributed by atoms with Gasteiger partial charge in [-0.2, -0.15) is 0 Å². The maximum atomic E-state index is 12.1. The van der Waals surface area contributed by atoms with E-state index in [4.69, 9.17) is 0 Å². The van der Waals surface area contributed by atoms with Crippen molar-refractivity contribution in [1.29, 1.82) is 0 Å². The molecule has 0 aliphatic carbocycles. The standard InChI is InChI=1S/C20H18N2O3/c1-13-6-8-14(9-7-13)20(25)21-12-19(24)22-17-10-11-18(23)16-5-3-2-4-15(16)17/h2-11,23H,12H2,1H3,(H,21,25)(H,22,24). The summed E-state index contributed by atoms with van der Waals surface area (Å²) in [6, 6.07) is 17.5. The zero-order chi connectivity index (χ0) is 17.8. The van der Waals surface area contributed by atoms with E-state index in [1.54, 1.807) is 24.3 Å². The molecule has 0 bridgehead atoms. The fourth-order valence-corrected chi connectivity index (χ4v) is 2.55. The third kappa shape index (κ3) is 3.77. The van der Waals surface area contributed by atoms with Crippen LogP contribution in [0.4, 0.5) is 5.69 Å². The summed E-state index contributed by atoms with van der Waals surface area (Å²) in [5.74, 6) is -0.483. The Kier molecular flexibility index (Phi) is 4.66. The highest BCUT2D eigenvalue weighted by atomic mass is 16.3. The first-order valence-corrected chi connectivity index (χ1v) is 7.90. The molecule has 25 heavy (non-hydrogen) atoms. The van der Waals surface area contributed by atoms with E-state index in [9.17, 15) is 14.7 Å². The molecule has 0 saturated carbocycles. The van der Waals surface area contributed by atoms with E-state index in [1.807, 2.05) is 37.3 Å². The molecular weight excluding hydrogens is 316 g/mol. The number of aromatic hydroxyl groups is 1. The van der Waals surface area contributed by atoms with Gasteiger partial charge in [0.05, 0.1) is 6.54 Å². The van der Waals surface area contributed by atoms with Crippen molar-refractivity contribution in [2.24, 2.45) is 0 Å². The predicted molar refractivity (Wildman–Crippen MR) is 97.8 cm³/mol. The number of nitrogens with one attached hydrogen (secondary N) is 2. The molecule has 0 saturated heterocycles. The second-order valence-corrected chi connectivity index (χ2v) is 5.77. The monoisotopic (exact) mass is 334 g/mol. The largest absolute Gasteiger partial charge is 0.507 e. The van der Waals surface area contributed by atoms with Gasteiger partial charge < -0.3 is 15.7 Å². The van der Waals surface area contributed by atoms with Gasteiger partial charge in [0.15, 0.2) is 0 Å². The molecular formula is C20H18N2O3. The van der Waals surface area contributed by atoms with Gasteiger partial charge in [0.2, 0.25) is 5.91 Å². The van der Waals surface area contributed by atoms with Crippen molar-refractivity contribution in [3.63, 3.8) is 0 Å². The van der Waals surface area contributed by atoms with Gasteiger partial charge in [0, 0.05) is 22.0 Å². The van der Waals surface area contributed by atoms with Gasteiger partial charge in [0.1, 0.15) is 5.75 Å². The topological polar surface area (TPSA) is 78.4 Å². The van der Waals surface area contributed by atoms with Gasteiger partial charge >= 0.3 is 0 Å². The molecule has 3 rings (SSSR count). The average molecular weight is 334 g/mol. The molecule has 0 heterocycles. The minimum Gasteiger partial charge on any atom is -0.507 e. The lowest BCUT2D eigenvalue weighted by atomic mass is 10.1. The average Bonchev–Trinajstić information content (AvgIpc) is 2.63. The molecule has 3 aromatic rings. The molecule has 0 spiro atoms. The first kappa shape index (κ1) is 16.5. The van der Waals surface area contributed by atoms with Gasteiger partial charge in [-0.05, 0) is 31.2 Å². The minimum absolute atomic E-state index is 0.137. The molecule has 0 radical (unpaired) electrons. The van der Waals surface area contributed by atoms with Crippen molar-refractivity contribution in [2.45, 2.75) is 6.92 Å². The van der Waals surface area contributed by atoms with Crippen LogP contribution in [-0.2, 0) is 4.79 Å². The van der Waals surface area contributed by atoms with E-state index < -0.39 is 0 Å². The predicted octanol–water partition coefficient (Wildman–Crippen LogP) is 3.22. The van der Waals surface area contributed by atoms with Crippen LogP contribution in [0.25, 0.3) is 10.8 Å². The Morgan fingerprint density at radius 1 is 0.920 bits per heavy atom. The van der Waals surface area contributed by atoms with Crippen LogP contribution in [0.1, 0.15) is 15.9 Å². The Hall–Kier alpha value is -3.34. The second kappa shape index (κ2) is 7.05. The molecule has 2 amide bonds. The number of phenols is 1. The van der Waals surface area contributed by atoms with Gasteiger partial charge in [-0.1, -0.05) is 42.0 Å². The number of anilines is 1. The normalized spacial score (nSPS) is 10.4. The van der Waals surface area contributed by atoms with E-state index in [1.165, 1.54) is 6.07 Å². The molecule has 3 N–H and O–H groups in total. The number of hydrogen-bond donors (Lipinski definition) is 3. The summed E-state index contributed by atoms with van der Waals surface area (Å²) in [4.78, 5) is 24.2. The molecule has 0 unspecified atom stereocenters. The molecule has 3 aromatic carbocycles. The van der Waals surface area contributed by atoms with E-state index in [-0.39, 0.29) is 24.1 Å². The lowest BCUT2D eigenvalue weighted by Gasteiger charge is -2.10. The SMILES string of the molecule is Cc1ccc(C(=O)NCC(=O)Nc2ccc(O)c3ccccc23)cc1. The summed E-state index contributed by atoms with van der Waals surface area (Å²) < 4.78 is 0. The van der Waals surface area contributed by atoms with Gasteiger partial charge in [0.25, 0.3) is 5.91 Å². The molecule has 126 valence electrons. The fourth-order valence-electron chi connectivity index (χ4n) is 2.55. The van der Waals surface area contributed by atoms with E-state index in [0.717, 1.165) is 10.9 Å². The summed E-state index contributed by atoms with van der Waals surface area (Å²) in [5, 5.41) is 16.6. The Morgan fingerprint density at radius 2 is 1.60 bits per heavy atom. The van der Waals surface area contributed by atoms with E-state index >= 15 is 0 Å². The van der Waals surface area contributed by atoms with Crippen LogP contribution in [-0.4, -0.2) is 23.5 Å². The van der Waals surface area contributed by atoms with Crippen LogP contribution < -0.4 is 10.6 Å². The highest BCUT2D eigenvalue weighted by molar-refractivity contribution is 6.05. The van der Waals surface area contributed by atoms with Crippen molar-refractivity contribution >= 4 is 28.3 Å². The van der Waals surface area contributed by atoms with Crippen LogP contribution >= 0.6 is 0 Å². The maximum Gasteiger partial charge on any atom is 0.251 e. The number of carbonyl (C=O) groups excluding carboxylic acids is 2. The van der Waals surface area contributed by atoms with Crippen LogP contribution in [0.2, 0.25) is 0 Å². The van der Waals surface area contributed by atoms with Crippen LogP contribution in [0.15, 0.2) is 60.7 Å². The van der Waals surface area contributed by atoms with Crippen molar-refractivity contribution in [1.82, 2.24) is 5.32 Å². The van der Waals surface area contributed by atoms with Crippen LogP contribution in [0.3, 0.4) is 0 Å². The number of aryl methyl sites for hydroxylation is 1. The summed E-state index contributed by atoms with van der Waals surface area (Å²) in [5.41, 5.74) is 2.16. The number of carbonyl (C=O) groups is 2. The third-order valence-corrected chi connectivity index (χ3v) is 3.90. The number of rotatable bonds is 4. The summed E-state index contributed by atoms with van der Waals surface area (Å²) in [6.07, 6.45) is 0. The smallest absolute Gasteiger partial charge is 0.251 e. The van der Waals surface area contributed by atoms with Crippen molar-refractivity contribution in [2.75, 3.05) is 11.9 Å². The van der Waals surface area contributed by atoms with Crippen molar-refractivity contribution in [3.8, 4) is 5.75 Å². The van der Waals surface area contributed by atoms with Crippen molar-refractivity contribution in [3.05, 3.63) is 71.8 Å². The number of benzene rings is 3.